The molecule has 0 saturated heterocycles. The number of hydrogen-bond donors (Lipinski definition) is 3. The zero-order valence-corrected chi connectivity index (χ0v) is 12.9. The molecular weight excluding hydrogens is 328 g/mol. The van der Waals surface area contributed by atoms with Gasteiger partial charge >= 0.3 is 17.5 Å². The van der Waals surface area contributed by atoms with Gasteiger partial charge in [0.1, 0.15) is 0 Å². The van der Waals surface area contributed by atoms with Crippen LogP contribution in [0.2, 0.25) is 0 Å². The lowest BCUT2D eigenvalue weighted by Gasteiger charge is -2.03. The number of rotatable bonds is 5. The van der Waals surface area contributed by atoms with Crippen LogP contribution in [0.5, 0.6) is 5.75 Å². The average Bonchev–Trinajstić information content (AvgIpc) is 2.61. The number of amides is 2. The van der Waals surface area contributed by atoms with Gasteiger partial charge in [-0.25, -0.2) is 5.43 Å². The maximum Gasteiger partial charge on any atom is 0.329 e. The van der Waals surface area contributed by atoms with E-state index in [0.717, 1.165) is 23.9 Å². The molecule has 0 radical (unpaired) electrons. The Balaban J connectivity index is 1.88. The Morgan fingerprint density at radius 3 is 2.56 bits per heavy atom. The molecule has 0 aliphatic carbocycles. The van der Waals surface area contributed by atoms with Gasteiger partial charge in [-0.15, -0.1) is 0 Å². The number of benzene rings is 2. The number of phenols is 1. The predicted molar refractivity (Wildman–Crippen MR) is 88.8 cm³/mol. The fourth-order valence-corrected chi connectivity index (χ4v) is 1.84. The molecular formula is C16H14N4O5. The number of hydrazone groups is 1. The molecule has 2 aromatic rings. The Morgan fingerprint density at radius 1 is 1.16 bits per heavy atom. The zero-order valence-electron chi connectivity index (χ0n) is 12.9. The summed E-state index contributed by atoms with van der Waals surface area (Å²) in [6.07, 6.45) is 1.12. The SMILES string of the molecule is O=C(NCc1ccccc1)C(=O)N/N=C\c1ccc(O)c([N+](=O)[O-])c1. The average molecular weight is 342 g/mol. The molecule has 0 heterocycles. The molecule has 0 saturated carbocycles. The number of nitro benzene ring substituents is 1. The molecule has 0 aliphatic rings. The molecule has 128 valence electrons. The monoisotopic (exact) mass is 342 g/mol. The molecule has 25 heavy (non-hydrogen) atoms. The van der Waals surface area contributed by atoms with Crippen LogP contribution in [0.15, 0.2) is 53.6 Å². The zero-order chi connectivity index (χ0) is 18.2. The second-order valence-electron chi connectivity index (χ2n) is 4.87. The van der Waals surface area contributed by atoms with E-state index in [1.54, 1.807) is 12.1 Å². The number of carbonyl (C=O) groups is 2. The van der Waals surface area contributed by atoms with Gasteiger partial charge in [-0.05, 0) is 17.7 Å². The van der Waals surface area contributed by atoms with E-state index in [2.05, 4.69) is 10.4 Å². The van der Waals surface area contributed by atoms with Gasteiger partial charge in [-0.1, -0.05) is 30.3 Å². The highest BCUT2D eigenvalue weighted by molar-refractivity contribution is 6.35. The van der Waals surface area contributed by atoms with Gasteiger partial charge < -0.3 is 10.4 Å². The second-order valence-corrected chi connectivity index (χ2v) is 4.87. The van der Waals surface area contributed by atoms with Crippen molar-refractivity contribution >= 4 is 23.7 Å². The summed E-state index contributed by atoms with van der Waals surface area (Å²) >= 11 is 0. The fourth-order valence-electron chi connectivity index (χ4n) is 1.84. The van der Waals surface area contributed by atoms with E-state index >= 15 is 0 Å². The number of phenolic OH excluding ortho intramolecular Hbond substituents is 1. The van der Waals surface area contributed by atoms with Crippen LogP contribution in [-0.2, 0) is 16.1 Å². The summed E-state index contributed by atoms with van der Waals surface area (Å²) in [6, 6.07) is 12.6. The number of hydrogen-bond acceptors (Lipinski definition) is 6. The number of nitrogens with zero attached hydrogens (tertiary/aromatic N) is 2. The second kappa shape index (κ2) is 8.20. The minimum Gasteiger partial charge on any atom is -0.502 e. The first-order valence-electron chi connectivity index (χ1n) is 7.10. The first kappa shape index (κ1) is 17.6. The molecule has 0 atom stereocenters. The number of aromatic hydroxyl groups is 1. The molecule has 9 nitrogen and oxygen atoms in total. The summed E-state index contributed by atoms with van der Waals surface area (Å²) in [5.41, 5.74) is 2.64. The maximum atomic E-state index is 11.6. The summed E-state index contributed by atoms with van der Waals surface area (Å²) in [7, 11) is 0. The van der Waals surface area contributed by atoms with Gasteiger partial charge in [-0.2, -0.15) is 5.10 Å². The van der Waals surface area contributed by atoms with Crippen LogP contribution >= 0.6 is 0 Å². The van der Waals surface area contributed by atoms with Crippen LogP contribution in [0.3, 0.4) is 0 Å². The minimum absolute atomic E-state index is 0.195. The summed E-state index contributed by atoms with van der Waals surface area (Å²) in [5, 5.41) is 26.0. The van der Waals surface area contributed by atoms with Crippen molar-refractivity contribution in [1.29, 1.82) is 0 Å². The third-order valence-electron chi connectivity index (χ3n) is 3.08. The van der Waals surface area contributed by atoms with Crippen LogP contribution in [0.25, 0.3) is 0 Å². The lowest BCUT2D eigenvalue weighted by atomic mass is 10.2. The lowest BCUT2D eigenvalue weighted by Crippen LogP contribution is -2.37. The van der Waals surface area contributed by atoms with E-state index in [0.29, 0.717) is 0 Å². The van der Waals surface area contributed by atoms with E-state index in [4.69, 9.17) is 0 Å². The maximum absolute atomic E-state index is 11.6. The van der Waals surface area contributed by atoms with Crippen LogP contribution in [0.1, 0.15) is 11.1 Å². The molecule has 2 aromatic carbocycles. The first-order chi connectivity index (χ1) is 12.0. The smallest absolute Gasteiger partial charge is 0.329 e. The van der Waals surface area contributed by atoms with E-state index in [1.165, 1.54) is 6.07 Å². The molecule has 2 rings (SSSR count). The molecule has 0 fully saturated rings. The third kappa shape index (κ3) is 5.13. The van der Waals surface area contributed by atoms with Gasteiger partial charge in [0.05, 0.1) is 11.1 Å². The molecule has 3 N–H and O–H groups in total. The Kier molecular flexibility index (Phi) is 5.77. The summed E-state index contributed by atoms with van der Waals surface area (Å²) in [5.74, 6) is -2.32. The highest BCUT2D eigenvalue weighted by atomic mass is 16.6. The Morgan fingerprint density at radius 2 is 1.88 bits per heavy atom. The summed E-state index contributed by atoms with van der Waals surface area (Å²) < 4.78 is 0. The van der Waals surface area contributed by atoms with Crippen molar-refractivity contribution in [1.82, 2.24) is 10.7 Å². The van der Waals surface area contributed by atoms with Crippen LogP contribution in [0, 0.1) is 10.1 Å². The highest BCUT2D eigenvalue weighted by Crippen LogP contribution is 2.25. The van der Waals surface area contributed by atoms with Crippen molar-refractivity contribution in [2.24, 2.45) is 5.10 Å². The van der Waals surface area contributed by atoms with Gasteiger partial charge in [-0.3, -0.25) is 19.7 Å². The standard InChI is InChI=1S/C16H14N4O5/c21-14-7-6-12(8-13(14)20(24)25)10-18-19-16(23)15(22)17-9-11-4-2-1-3-5-11/h1-8,10,21H,9H2,(H,17,22)(H,19,23)/b18-10-. The van der Waals surface area contributed by atoms with Gasteiger partial charge in [0.2, 0.25) is 0 Å². The van der Waals surface area contributed by atoms with Gasteiger partial charge in [0.25, 0.3) is 0 Å². The molecule has 0 aromatic heterocycles. The van der Waals surface area contributed by atoms with E-state index < -0.39 is 28.2 Å². The number of nitrogens with one attached hydrogen (secondary N) is 2. The number of carbonyl (C=O) groups excluding carboxylic acids is 2. The van der Waals surface area contributed by atoms with Crippen LogP contribution < -0.4 is 10.7 Å². The predicted octanol–water partition coefficient (Wildman–Crippen LogP) is 1.07. The van der Waals surface area contributed by atoms with Crippen LogP contribution in [0.4, 0.5) is 5.69 Å². The summed E-state index contributed by atoms with van der Waals surface area (Å²) in [4.78, 5) is 33.2. The topological polar surface area (TPSA) is 134 Å². The Labute approximate surface area is 142 Å². The quantitative estimate of drug-likeness (QED) is 0.323. The highest BCUT2D eigenvalue weighted by Gasteiger charge is 2.14. The van der Waals surface area contributed by atoms with E-state index in [-0.39, 0.29) is 12.1 Å². The normalized spacial score (nSPS) is 10.4. The Bertz CT molecular complexity index is 821. The van der Waals surface area contributed by atoms with Gasteiger partial charge in [0, 0.05) is 18.2 Å². The van der Waals surface area contributed by atoms with Crippen molar-refractivity contribution in [2.45, 2.75) is 6.54 Å². The van der Waals surface area contributed by atoms with Gasteiger partial charge in [0.15, 0.2) is 5.75 Å². The third-order valence-corrected chi connectivity index (χ3v) is 3.08. The molecule has 0 bridgehead atoms. The summed E-state index contributed by atoms with van der Waals surface area (Å²) in [6.45, 7) is 0.195. The van der Waals surface area contributed by atoms with E-state index in [9.17, 15) is 24.8 Å². The number of nitro groups is 1. The molecule has 9 heteroatoms. The van der Waals surface area contributed by atoms with Crippen molar-refractivity contribution in [3.63, 3.8) is 0 Å². The van der Waals surface area contributed by atoms with Crippen molar-refractivity contribution in [3.8, 4) is 5.75 Å². The minimum atomic E-state index is -0.972. The Hall–Kier alpha value is -3.75. The molecule has 0 aliphatic heterocycles. The van der Waals surface area contributed by atoms with E-state index in [1.807, 2.05) is 23.6 Å². The van der Waals surface area contributed by atoms with Crippen molar-refractivity contribution in [3.05, 3.63) is 69.8 Å². The fraction of sp³-hybridized carbons (Fsp3) is 0.0625. The molecule has 0 spiro atoms. The van der Waals surface area contributed by atoms with Crippen LogP contribution in [-0.4, -0.2) is 28.1 Å². The largest absolute Gasteiger partial charge is 0.502 e. The van der Waals surface area contributed by atoms with Crippen molar-refractivity contribution in [2.75, 3.05) is 0 Å². The molecule has 2 amide bonds. The molecule has 0 unspecified atom stereocenters. The lowest BCUT2D eigenvalue weighted by molar-refractivity contribution is -0.385. The van der Waals surface area contributed by atoms with Crippen molar-refractivity contribution < 1.29 is 19.6 Å². The first-order valence-corrected chi connectivity index (χ1v) is 7.10.